The van der Waals surface area contributed by atoms with Crippen molar-refractivity contribution in [2.24, 2.45) is 0 Å². The molecule has 3 rings (SSSR count). The van der Waals surface area contributed by atoms with E-state index >= 15 is 0 Å². The second kappa shape index (κ2) is 5.00. The van der Waals surface area contributed by atoms with E-state index in [9.17, 15) is 8.78 Å². The first kappa shape index (κ1) is 13.3. The van der Waals surface area contributed by atoms with Gasteiger partial charge in [-0.15, -0.1) is 0 Å². The Kier molecular flexibility index (Phi) is 3.31. The zero-order chi connectivity index (χ0) is 14.3. The molecule has 3 aromatic rings. The van der Waals surface area contributed by atoms with Crippen molar-refractivity contribution in [2.45, 2.75) is 6.54 Å². The lowest BCUT2D eigenvalue weighted by Gasteiger charge is -2.06. The lowest BCUT2D eigenvalue weighted by atomic mass is 10.2. The topological polar surface area (TPSA) is 30.7 Å². The minimum atomic E-state index is -0.625. The Morgan fingerprint density at radius 1 is 1.15 bits per heavy atom. The summed E-state index contributed by atoms with van der Waals surface area (Å²) in [7, 11) is 0. The highest BCUT2D eigenvalue weighted by Crippen LogP contribution is 2.24. The molecule has 7 heteroatoms. The molecule has 0 unspecified atom stereocenters. The summed E-state index contributed by atoms with van der Waals surface area (Å²) in [6, 6.07) is 4.90. The molecule has 0 fully saturated rings. The Balaban J connectivity index is 2.07. The van der Waals surface area contributed by atoms with Crippen molar-refractivity contribution in [2.75, 3.05) is 0 Å². The Labute approximate surface area is 122 Å². The predicted octanol–water partition coefficient (Wildman–Crippen LogP) is 4.06. The fourth-order valence-corrected chi connectivity index (χ4v) is 2.40. The third-order valence-electron chi connectivity index (χ3n) is 2.85. The standard InChI is InChI=1S/C13H7Cl2F2N3/c14-9-4-11(15)19-13-12(9)18-6-20(13)5-7-1-2-8(16)3-10(7)17/h1-4,6H,5H2. The number of rotatable bonds is 2. The van der Waals surface area contributed by atoms with Gasteiger partial charge in [-0.05, 0) is 12.1 Å². The first-order chi connectivity index (χ1) is 9.54. The number of pyridine rings is 1. The summed E-state index contributed by atoms with van der Waals surface area (Å²) in [5.41, 5.74) is 1.26. The molecular weight excluding hydrogens is 307 g/mol. The van der Waals surface area contributed by atoms with Gasteiger partial charge in [-0.2, -0.15) is 0 Å². The number of benzene rings is 1. The van der Waals surface area contributed by atoms with Gasteiger partial charge in [-0.3, -0.25) is 0 Å². The maximum absolute atomic E-state index is 13.7. The molecule has 20 heavy (non-hydrogen) atoms. The SMILES string of the molecule is Fc1ccc(Cn2cnc3c(Cl)cc(Cl)nc32)c(F)c1. The molecule has 2 aromatic heterocycles. The highest BCUT2D eigenvalue weighted by atomic mass is 35.5. The van der Waals surface area contributed by atoms with E-state index in [2.05, 4.69) is 9.97 Å². The van der Waals surface area contributed by atoms with Gasteiger partial charge >= 0.3 is 0 Å². The van der Waals surface area contributed by atoms with Crippen molar-refractivity contribution in [1.29, 1.82) is 0 Å². The van der Waals surface area contributed by atoms with E-state index < -0.39 is 11.6 Å². The molecule has 0 atom stereocenters. The van der Waals surface area contributed by atoms with Crippen molar-refractivity contribution >= 4 is 34.4 Å². The molecule has 102 valence electrons. The second-order valence-corrected chi connectivity index (χ2v) is 5.00. The van der Waals surface area contributed by atoms with Crippen LogP contribution < -0.4 is 0 Å². The Bertz CT molecular complexity index is 802. The van der Waals surface area contributed by atoms with Gasteiger partial charge in [0.2, 0.25) is 0 Å². The molecule has 0 saturated heterocycles. The van der Waals surface area contributed by atoms with Crippen LogP contribution in [0.3, 0.4) is 0 Å². The summed E-state index contributed by atoms with van der Waals surface area (Å²) in [6.45, 7) is 0.159. The number of aromatic nitrogens is 3. The van der Waals surface area contributed by atoms with Gasteiger partial charge in [0.15, 0.2) is 5.65 Å². The zero-order valence-corrected chi connectivity index (χ0v) is 11.5. The molecule has 2 heterocycles. The largest absolute Gasteiger partial charge is 0.311 e. The number of fused-ring (bicyclic) bond motifs is 1. The molecular formula is C13H7Cl2F2N3. The van der Waals surface area contributed by atoms with Crippen LogP contribution in [0, 0.1) is 11.6 Å². The molecule has 0 N–H and O–H groups in total. The molecule has 0 amide bonds. The second-order valence-electron chi connectivity index (χ2n) is 4.21. The monoisotopic (exact) mass is 313 g/mol. The van der Waals surface area contributed by atoms with Gasteiger partial charge in [0.1, 0.15) is 22.3 Å². The van der Waals surface area contributed by atoms with Gasteiger partial charge < -0.3 is 4.57 Å². The molecule has 0 spiro atoms. The lowest BCUT2D eigenvalue weighted by molar-refractivity contribution is 0.567. The third kappa shape index (κ3) is 2.34. The molecule has 0 radical (unpaired) electrons. The Morgan fingerprint density at radius 3 is 2.70 bits per heavy atom. The summed E-state index contributed by atoms with van der Waals surface area (Å²) in [6.07, 6.45) is 1.49. The molecule has 1 aromatic carbocycles. The summed E-state index contributed by atoms with van der Waals surface area (Å²) >= 11 is 11.9. The van der Waals surface area contributed by atoms with Crippen molar-refractivity contribution in [3.05, 3.63) is 58.0 Å². The fourth-order valence-electron chi connectivity index (χ4n) is 1.92. The minimum absolute atomic E-state index is 0.159. The molecule has 0 aliphatic rings. The van der Waals surface area contributed by atoms with Crippen molar-refractivity contribution < 1.29 is 8.78 Å². The molecule has 0 aliphatic heterocycles. The zero-order valence-electron chi connectivity index (χ0n) is 9.95. The van der Waals surface area contributed by atoms with Crippen LogP contribution in [0.5, 0.6) is 0 Å². The molecule has 0 bridgehead atoms. The van der Waals surface area contributed by atoms with E-state index in [1.807, 2.05) is 0 Å². The van der Waals surface area contributed by atoms with Gasteiger partial charge in [-0.1, -0.05) is 29.3 Å². The molecule has 0 saturated carbocycles. The van der Waals surface area contributed by atoms with Crippen LogP contribution in [0.4, 0.5) is 8.78 Å². The van der Waals surface area contributed by atoms with Gasteiger partial charge in [-0.25, -0.2) is 18.7 Å². The quantitative estimate of drug-likeness (QED) is 0.668. The van der Waals surface area contributed by atoms with Crippen LogP contribution in [0.1, 0.15) is 5.56 Å². The first-order valence-corrected chi connectivity index (χ1v) is 6.41. The highest BCUT2D eigenvalue weighted by Gasteiger charge is 2.12. The van der Waals surface area contributed by atoms with Gasteiger partial charge in [0.25, 0.3) is 0 Å². The fraction of sp³-hybridized carbons (Fsp3) is 0.0769. The van der Waals surface area contributed by atoms with Crippen LogP contribution in [0.15, 0.2) is 30.6 Å². The third-order valence-corrected chi connectivity index (χ3v) is 3.33. The average molecular weight is 314 g/mol. The van der Waals surface area contributed by atoms with E-state index in [1.54, 1.807) is 4.57 Å². The molecule has 3 nitrogen and oxygen atoms in total. The summed E-state index contributed by atoms with van der Waals surface area (Å²) in [5.74, 6) is -1.24. The van der Waals surface area contributed by atoms with Crippen LogP contribution in [-0.2, 0) is 6.54 Å². The summed E-state index contributed by atoms with van der Waals surface area (Å²) < 4.78 is 28.1. The molecule has 0 aliphatic carbocycles. The van der Waals surface area contributed by atoms with Crippen molar-refractivity contribution in [1.82, 2.24) is 14.5 Å². The van der Waals surface area contributed by atoms with E-state index in [1.165, 1.54) is 24.5 Å². The minimum Gasteiger partial charge on any atom is -0.311 e. The number of imidazole rings is 1. The lowest BCUT2D eigenvalue weighted by Crippen LogP contribution is -2.02. The van der Waals surface area contributed by atoms with E-state index in [0.717, 1.165) is 6.07 Å². The number of hydrogen-bond donors (Lipinski definition) is 0. The number of nitrogens with zero attached hydrogens (tertiary/aromatic N) is 3. The normalized spacial score (nSPS) is 11.2. The van der Waals surface area contributed by atoms with Gasteiger partial charge in [0.05, 0.1) is 17.9 Å². The van der Waals surface area contributed by atoms with Crippen LogP contribution in [0.2, 0.25) is 10.2 Å². The highest BCUT2D eigenvalue weighted by molar-refractivity contribution is 6.37. The number of hydrogen-bond acceptors (Lipinski definition) is 2. The van der Waals surface area contributed by atoms with Crippen molar-refractivity contribution in [3.8, 4) is 0 Å². The predicted molar refractivity (Wildman–Crippen MR) is 73.0 cm³/mol. The Morgan fingerprint density at radius 2 is 1.95 bits per heavy atom. The maximum Gasteiger partial charge on any atom is 0.163 e. The van der Waals surface area contributed by atoms with Crippen LogP contribution in [-0.4, -0.2) is 14.5 Å². The van der Waals surface area contributed by atoms with E-state index in [4.69, 9.17) is 23.2 Å². The first-order valence-electron chi connectivity index (χ1n) is 5.65. The average Bonchev–Trinajstić information content (AvgIpc) is 2.76. The summed E-state index contributed by atoms with van der Waals surface area (Å²) in [4.78, 5) is 8.24. The number of halogens is 4. The Hall–Kier alpha value is -1.72. The van der Waals surface area contributed by atoms with Gasteiger partial charge in [0, 0.05) is 11.6 Å². The van der Waals surface area contributed by atoms with Crippen LogP contribution >= 0.6 is 23.2 Å². The van der Waals surface area contributed by atoms with E-state index in [-0.39, 0.29) is 11.7 Å². The van der Waals surface area contributed by atoms with Crippen LogP contribution in [0.25, 0.3) is 11.2 Å². The van der Waals surface area contributed by atoms with E-state index in [0.29, 0.717) is 21.7 Å². The smallest absolute Gasteiger partial charge is 0.163 e. The summed E-state index contributed by atoms with van der Waals surface area (Å²) in [5, 5.41) is 0.599. The van der Waals surface area contributed by atoms with Crippen molar-refractivity contribution in [3.63, 3.8) is 0 Å². The maximum atomic E-state index is 13.7.